The van der Waals surface area contributed by atoms with Gasteiger partial charge in [-0.2, -0.15) is 0 Å². The molecule has 1 aromatic rings. The van der Waals surface area contributed by atoms with E-state index in [1.165, 1.54) is 0 Å². The summed E-state index contributed by atoms with van der Waals surface area (Å²) in [5, 5.41) is 12.3. The van der Waals surface area contributed by atoms with Crippen molar-refractivity contribution in [3.63, 3.8) is 0 Å². The molecule has 0 aliphatic carbocycles. The maximum absolute atomic E-state index is 5.52. The number of rotatable bonds is 8. The highest BCUT2D eigenvalue weighted by Crippen LogP contribution is 2.12. The zero-order chi connectivity index (χ0) is 11.8. The molecule has 0 unspecified atom stereocenters. The summed E-state index contributed by atoms with van der Waals surface area (Å²) in [6, 6.07) is 0. The number of ether oxygens (including phenoxy) is 1. The van der Waals surface area contributed by atoms with Gasteiger partial charge in [0.25, 0.3) is 0 Å². The van der Waals surface area contributed by atoms with Gasteiger partial charge >= 0.3 is 0 Å². The third-order valence-electron chi connectivity index (χ3n) is 2.10. The van der Waals surface area contributed by atoms with Crippen LogP contribution in [0.5, 0.6) is 0 Å². The predicted molar refractivity (Wildman–Crippen MR) is 64.5 cm³/mol. The van der Waals surface area contributed by atoms with E-state index in [0.29, 0.717) is 5.92 Å². The van der Waals surface area contributed by atoms with Gasteiger partial charge in [0.2, 0.25) is 5.16 Å². The quantitative estimate of drug-likeness (QED) is 0.516. The van der Waals surface area contributed by atoms with Gasteiger partial charge in [-0.25, -0.2) is 4.68 Å². The molecule has 0 N–H and O–H groups in total. The van der Waals surface area contributed by atoms with Gasteiger partial charge in [-0.1, -0.05) is 25.6 Å². The van der Waals surface area contributed by atoms with Crippen molar-refractivity contribution in [1.29, 1.82) is 0 Å². The van der Waals surface area contributed by atoms with Crippen molar-refractivity contribution in [1.82, 2.24) is 20.2 Å². The number of hydrogen-bond acceptors (Lipinski definition) is 5. The summed E-state index contributed by atoms with van der Waals surface area (Å²) in [4.78, 5) is 0. The van der Waals surface area contributed by atoms with Crippen molar-refractivity contribution in [2.75, 3.05) is 19.0 Å². The lowest BCUT2D eigenvalue weighted by atomic mass is 10.1. The molecule has 0 aliphatic heterocycles. The molecule has 1 rings (SSSR count). The van der Waals surface area contributed by atoms with Crippen LogP contribution in [0.15, 0.2) is 5.16 Å². The second-order valence-corrected chi connectivity index (χ2v) is 4.98. The van der Waals surface area contributed by atoms with E-state index in [0.717, 1.165) is 37.1 Å². The Morgan fingerprint density at radius 2 is 2.19 bits per heavy atom. The van der Waals surface area contributed by atoms with Gasteiger partial charge in [0.15, 0.2) is 0 Å². The molecule has 0 aliphatic rings. The molecule has 92 valence electrons. The Bertz CT molecular complexity index is 290. The second-order valence-electron chi connectivity index (χ2n) is 3.92. The lowest BCUT2D eigenvalue weighted by molar-refractivity contribution is 0.138. The first-order valence-corrected chi connectivity index (χ1v) is 6.69. The molecule has 0 fully saturated rings. The number of thioether (sulfide) groups is 1. The Kier molecular flexibility index (Phi) is 6.40. The van der Waals surface area contributed by atoms with E-state index in [1.807, 2.05) is 6.92 Å². The Morgan fingerprint density at radius 1 is 1.38 bits per heavy atom. The third kappa shape index (κ3) is 4.94. The maximum Gasteiger partial charge on any atom is 0.209 e. The highest BCUT2D eigenvalue weighted by atomic mass is 32.2. The lowest BCUT2D eigenvalue weighted by Crippen LogP contribution is -2.04. The molecule has 0 radical (unpaired) electrons. The minimum Gasteiger partial charge on any atom is -0.381 e. The molecule has 1 heterocycles. The number of hydrogen-bond donors (Lipinski definition) is 0. The van der Waals surface area contributed by atoms with Gasteiger partial charge < -0.3 is 4.74 Å². The fraction of sp³-hybridized carbons (Fsp3) is 0.900. The van der Waals surface area contributed by atoms with E-state index in [1.54, 1.807) is 16.4 Å². The molecule has 0 bridgehead atoms. The number of aromatic nitrogens is 4. The molecular weight excluding hydrogens is 224 g/mol. The van der Waals surface area contributed by atoms with Gasteiger partial charge in [0, 0.05) is 18.9 Å². The van der Waals surface area contributed by atoms with Crippen LogP contribution in [0, 0.1) is 5.92 Å². The van der Waals surface area contributed by atoms with Gasteiger partial charge in [0.1, 0.15) is 0 Å². The monoisotopic (exact) mass is 244 g/mol. The van der Waals surface area contributed by atoms with Gasteiger partial charge in [-0.05, 0) is 29.7 Å². The molecule has 0 amide bonds. The average molecular weight is 244 g/mol. The van der Waals surface area contributed by atoms with Crippen LogP contribution in [0.25, 0.3) is 0 Å². The van der Waals surface area contributed by atoms with Crippen LogP contribution in [0.3, 0.4) is 0 Å². The van der Waals surface area contributed by atoms with Crippen LogP contribution >= 0.6 is 11.8 Å². The standard InChI is InChI=1S/C10H20N4OS/c1-4-14-10(11-12-13-14)16-8-7-15-6-5-9(2)3/h9H,4-8H2,1-3H3. The molecule has 0 saturated heterocycles. The van der Waals surface area contributed by atoms with Crippen molar-refractivity contribution in [2.24, 2.45) is 5.92 Å². The molecule has 5 nitrogen and oxygen atoms in total. The second kappa shape index (κ2) is 7.62. The summed E-state index contributed by atoms with van der Waals surface area (Å²) in [7, 11) is 0. The Morgan fingerprint density at radius 3 is 2.88 bits per heavy atom. The highest BCUT2D eigenvalue weighted by molar-refractivity contribution is 7.99. The molecule has 1 aromatic heterocycles. The van der Waals surface area contributed by atoms with E-state index in [2.05, 4.69) is 29.4 Å². The number of nitrogens with zero attached hydrogens (tertiary/aromatic N) is 4. The van der Waals surface area contributed by atoms with Gasteiger partial charge in [-0.3, -0.25) is 0 Å². The lowest BCUT2D eigenvalue weighted by Gasteiger charge is -2.05. The maximum atomic E-state index is 5.52. The van der Waals surface area contributed by atoms with E-state index < -0.39 is 0 Å². The van der Waals surface area contributed by atoms with Crippen molar-refractivity contribution in [2.45, 2.75) is 38.9 Å². The van der Waals surface area contributed by atoms with Crippen molar-refractivity contribution < 1.29 is 4.74 Å². The smallest absolute Gasteiger partial charge is 0.209 e. The fourth-order valence-corrected chi connectivity index (χ4v) is 1.90. The van der Waals surface area contributed by atoms with Crippen LogP contribution < -0.4 is 0 Å². The van der Waals surface area contributed by atoms with Crippen molar-refractivity contribution >= 4 is 11.8 Å². The normalized spacial score (nSPS) is 11.2. The summed E-state index contributed by atoms with van der Waals surface area (Å²) in [6.45, 7) is 8.84. The van der Waals surface area contributed by atoms with Crippen LogP contribution in [-0.4, -0.2) is 39.2 Å². The van der Waals surface area contributed by atoms with E-state index in [4.69, 9.17) is 4.74 Å². The van der Waals surface area contributed by atoms with Crippen LogP contribution in [0.2, 0.25) is 0 Å². The summed E-state index contributed by atoms with van der Waals surface area (Å²) in [5.74, 6) is 1.61. The largest absolute Gasteiger partial charge is 0.381 e. The van der Waals surface area contributed by atoms with Crippen LogP contribution in [0.1, 0.15) is 27.2 Å². The third-order valence-corrected chi connectivity index (χ3v) is 3.02. The molecule has 0 aromatic carbocycles. The van der Waals surface area contributed by atoms with Crippen molar-refractivity contribution in [3.8, 4) is 0 Å². The first-order valence-electron chi connectivity index (χ1n) is 5.70. The topological polar surface area (TPSA) is 52.8 Å². The zero-order valence-corrected chi connectivity index (χ0v) is 11.0. The van der Waals surface area contributed by atoms with Crippen molar-refractivity contribution in [3.05, 3.63) is 0 Å². The fourth-order valence-electron chi connectivity index (χ4n) is 1.11. The first kappa shape index (κ1) is 13.4. The van der Waals surface area contributed by atoms with E-state index in [-0.39, 0.29) is 0 Å². The Hall–Kier alpha value is -0.620. The number of aryl methyl sites for hydroxylation is 1. The Labute approximate surface area is 101 Å². The summed E-state index contributed by atoms with van der Waals surface area (Å²) in [6.07, 6.45) is 1.12. The minimum absolute atomic E-state index is 0.708. The summed E-state index contributed by atoms with van der Waals surface area (Å²) >= 11 is 1.64. The molecule has 0 atom stereocenters. The molecule has 6 heteroatoms. The molecule has 0 saturated carbocycles. The van der Waals surface area contributed by atoms with Crippen LogP contribution in [-0.2, 0) is 11.3 Å². The average Bonchev–Trinajstić information content (AvgIpc) is 2.70. The van der Waals surface area contributed by atoms with E-state index >= 15 is 0 Å². The highest BCUT2D eigenvalue weighted by Gasteiger charge is 2.04. The SMILES string of the molecule is CCn1nnnc1SCCOCCC(C)C. The zero-order valence-electron chi connectivity index (χ0n) is 10.2. The minimum atomic E-state index is 0.708. The van der Waals surface area contributed by atoms with E-state index in [9.17, 15) is 0 Å². The van der Waals surface area contributed by atoms with Crippen LogP contribution in [0.4, 0.5) is 0 Å². The first-order chi connectivity index (χ1) is 7.74. The van der Waals surface area contributed by atoms with Gasteiger partial charge in [0.05, 0.1) is 6.61 Å². The summed E-state index contributed by atoms with van der Waals surface area (Å²) < 4.78 is 7.31. The summed E-state index contributed by atoms with van der Waals surface area (Å²) in [5.41, 5.74) is 0. The molecule has 16 heavy (non-hydrogen) atoms. The number of tetrazole rings is 1. The predicted octanol–water partition coefficient (Wildman–Crippen LogP) is 1.85. The van der Waals surface area contributed by atoms with Gasteiger partial charge in [-0.15, -0.1) is 5.10 Å². The molecular formula is C10H20N4OS. The molecule has 0 spiro atoms. The Balaban J connectivity index is 2.07.